The Labute approximate surface area is 176 Å². The normalized spacial score (nSPS) is 17.8. The number of nitrogens with one attached hydrogen (secondary N) is 1. The quantitative estimate of drug-likeness (QED) is 0.823. The Hall–Kier alpha value is -2.93. The summed E-state index contributed by atoms with van der Waals surface area (Å²) in [4.78, 5) is 30.7. The van der Waals surface area contributed by atoms with Crippen molar-refractivity contribution in [1.29, 1.82) is 0 Å². The van der Waals surface area contributed by atoms with Gasteiger partial charge in [0.2, 0.25) is 11.8 Å². The molecule has 1 N–H and O–H groups in total. The van der Waals surface area contributed by atoms with Gasteiger partial charge in [-0.2, -0.15) is 0 Å². The van der Waals surface area contributed by atoms with Crippen molar-refractivity contribution >= 4 is 28.9 Å². The predicted molar refractivity (Wildman–Crippen MR) is 116 cm³/mol. The lowest BCUT2D eigenvalue weighted by Gasteiger charge is -2.23. The van der Waals surface area contributed by atoms with Crippen LogP contribution in [0.4, 0.5) is 21.5 Å². The number of halogens is 1. The zero-order valence-electron chi connectivity index (χ0n) is 17.0. The van der Waals surface area contributed by atoms with Crippen molar-refractivity contribution in [2.24, 2.45) is 0 Å². The van der Waals surface area contributed by atoms with Gasteiger partial charge in [-0.25, -0.2) is 4.39 Å². The number of amides is 2. The lowest BCUT2D eigenvalue weighted by atomic mass is 10.2. The molecule has 0 saturated carbocycles. The predicted octanol–water partition coefficient (Wildman–Crippen LogP) is 3.10. The van der Waals surface area contributed by atoms with Crippen LogP contribution in [0.1, 0.15) is 19.3 Å². The van der Waals surface area contributed by atoms with Crippen LogP contribution in [0.5, 0.6) is 0 Å². The molecule has 2 saturated heterocycles. The molecule has 0 bridgehead atoms. The van der Waals surface area contributed by atoms with E-state index < -0.39 is 0 Å². The molecule has 0 aliphatic carbocycles. The Morgan fingerprint density at radius 1 is 0.933 bits per heavy atom. The Kier molecular flexibility index (Phi) is 6.28. The van der Waals surface area contributed by atoms with Gasteiger partial charge in [0.05, 0.1) is 6.54 Å². The van der Waals surface area contributed by atoms with E-state index in [9.17, 15) is 14.0 Å². The van der Waals surface area contributed by atoms with Crippen LogP contribution in [-0.4, -0.2) is 56.0 Å². The second-order valence-corrected chi connectivity index (χ2v) is 7.84. The van der Waals surface area contributed by atoms with Crippen LogP contribution in [0.2, 0.25) is 0 Å². The van der Waals surface area contributed by atoms with Gasteiger partial charge in [-0.1, -0.05) is 6.07 Å². The van der Waals surface area contributed by atoms with Crippen molar-refractivity contribution < 1.29 is 14.0 Å². The summed E-state index contributed by atoms with van der Waals surface area (Å²) in [5.41, 5.74) is 2.55. The van der Waals surface area contributed by atoms with Crippen LogP contribution in [0.3, 0.4) is 0 Å². The highest BCUT2D eigenvalue weighted by molar-refractivity contribution is 5.97. The third-order valence-corrected chi connectivity index (χ3v) is 5.66. The van der Waals surface area contributed by atoms with Crippen molar-refractivity contribution in [3.05, 3.63) is 54.3 Å². The number of carbonyl (C=O) groups is 2. The minimum atomic E-state index is -0.231. The first-order valence-corrected chi connectivity index (χ1v) is 10.5. The first kappa shape index (κ1) is 20.3. The highest BCUT2D eigenvalue weighted by Gasteiger charge is 2.22. The van der Waals surface area contributed by atoms with Gasteiger partial charge in [-0.15, -0.1) is 0 Å². The summed E-state index contributed by atoms with van der Waals surface area (Å²) in [7, 11) is 0. The molecule has 7 heteroatoms. The molecular formula is C23H27FN4O2. The van der Waals surface area contributed by atoms with Gasteiger partial charge in [-0.3, -0.25) is 14.5 Å². The lowest BCUT2D eigenvalue weighted by molar-refractivity contribution is -0.117. The zero-order valence-corrected chi connectivity index (χ0v) is 17.0. The van der Waals surface area contributed by atoms with E-state index in [-0.39, 0.29) is 17.6 Å². The molecule has 2 aliphatic rings. The fourth-order valence-corrected chi connectivity index (χ4v) is 4.12. The van der Waals surface area contributed by atoms with Crippen LogP contribution in [-0.2, 0) is 9.59 Å². The Balaban J connectivity index is 1.31. The van der Waals surface area contributed by atoms with Gasteiger partial charge in [0.1, 0.15) is 5.82 Å². The molecule has 2 aromatic rings. The van der Waals surface area contributed by atoms with Crippen LogP contribution < -0.4 is 15.1 Å². The van der Waals surface area contributed by atoms with E-state index in [1.165, 1.54) is 12.1 Å². The van der Waals surface area contributed by atoms with Crippen molar-refractivity contribution in [3.8, 4) is 0 Å². The van der Waals surface area contributed by atoms with E-state index in [1.54, 1.807) is 17.0 Å². The third-order valence-electron chi connectivity index (χ3n) is 5.66. The second kappa shape index (κ2) is 9.26. The Bertz CT molecular complexity index is 902. The summed E-state index contributed by atoms with van der Waals surface area (Å²) < 4.78 is 13.2. The molecule has 6 nitrogen and oxygen atoms in total. The zero-order chi connectivity index (χ0) is 20.9. The standard InChI is InChI=1S/C23H27FN4O2/c24-18-7-9-20(10-8-18)27-12-3-11-26(14-15-27)17-22(29)25-19-4-1-5-21(16-19)28-13-2-6-23(28)30/h1,4-5,7-10,16H,2-3,6,11-15,17H2,(H,25,29). The first-order chi connectivity index (χ1) is 14.6. The second-order valence-electron chi connectivity index (χ2n) is 7.84. The van der Waals surface area contributed by atoms with E-state index in [1.807, 2.05) is 24.3 Å². The molecule has 0 atom stereocenters. The number of anilines is 3. The van der Waals surface area contributed by atoms with Crippen molar-refractivity contribution in [2.75, 3.05) is 54.4 Å². The highest BCUT2D eigenvalue weighted by Crippen LogP contribution is 2.24. The highest BCUT2D eigenvalue weighted by atomic mass is 19.1. The van der Waals surface area contributed by atoms with Crippen LogP contribution >= 0.6 is 0 Å². The average molecular weight is 410 g/mol. The summed E-state index contributed by atoms with van der Waals surface area (Å²) >= 11 is 0. The van der Waals surface area contributed by atoms with E-state index in [2.05, 4.69) is 15.1 Å². The number of rotatable bonds is 5. The topological polar surface area (TPSA) is 55.9 Å². The molecule has 30 heavy (non-hydrogen) atoms. The molecule has 0 aromatic heterocycles. The minimum Gasteiger partial charge on any atom is -0.370 e. The van der Waals surface area contributed by atoms with Gasteiger partial charge in [0, 0.05) is 56.2 Å². The summed E-state index contributed by atoms with van der Waals surface area (Å²) in [5.74, 6) is -0.158. The van der Waals surface area contributed by atoms with Gasteiger partial charge >= 0.3 is 0 Å². The SMILES string of the molecule is O=C(CN1CCCN(c2ccc(F)cc2)CC1)Nc1cccc(N2CCCC2=O)c1. The largest absolute Gasteiger partial charge is 0.370 e. The summed E-state index contributed by atoms with van der Waals surface area (Å²) in [6.45, 7) is 4.35. The molecule has 0 spiro atoms. The molecule has 2 fully saturated rings. The molecule has 4 rings (SSSR count). The number of nitrogens with zero attached hydrogens (tertiary/aromatic N) is 3. The maximum absolute atomic E-state index is 13.2. The van der Waals surface area contributed by atoms with E-state index in [0.717, 1.165) is 56.9 Å². The molecule has 2 heterocycles. The van der Waals surface area contributed by atoms with Crippen molar-refractivity contribution in [1.82, 2.24) is 4.90 Å². The molecule has 0 unspecified atom stereocenters. The van der Waals surface area contributed by atoms with E-state index >= 15 is 0 Å². The fraction of sp³-hybridized carbons (Fsp3) is 0.391. The molecule has 2 amide bonds. The smallest absolute Gasteiger partial charge is 0.238 e. The average Bonchev–Trinajstić information content (AvgIpc) is 3.03. The number of hydrogen-bond donors (Lipinski definition) is 1. The first-order valence-electron chi connectivity index (χ1n) is 10.5. The summed E-state index contributed by atoms with van der Waals surface area (Å²) in [5, 5.41) is 2.96. The molecule has 158 valence electrons. The minimum absolute atomic E-state index is 0.0601. The fourth-order valence-electron chi connectivity index (χ4n) is 4.12. The van der Waals surface area contributed by atoms with Gasteiger partial charge in [-0.05, 0) is 55.3 Å². The molecule has 2 aromatic carbocycles. The maximum Gasteiger partial charge on any atom is 0.238 e. The monoisotopic (exact) mass is 410 g/mol. The summed E-state index contributed by atoms with van der Waals surface area (Å²) in [6, 6.07) is 14.0. The number of hydrogen-bond acceptors (Lipinski definition) is 4. The van der Waals surface area contributed by atoms with Crippen molar-refractivity contribution in [3.63, 3.8) is 0 Å². The Morgan fingerprint density at radius 3 is 2.53 bits per heavy atom. The maximum atomic E-state index is 13.2. The van der Waals surface area contributed by atoms with Crippen LogP contribution in [0, 0.1) is 5.82 Å². The molecule has 0 radical (unpaired) electrons. The van der Waals surface area contributed by atoms with E-state index in [4.69, 9.17) is 0 Å². The van der Waals surface area contributed by atoms with E-state index in [0.29, 0.717) is 18.7 Å². The lowest BCUT2D eigenvalue weighted by Crippen LogP contribution is -2.36. The third kappa shape index (κ3) is 4.97. The van der Waals surface area contributed by atoms with Gasteiger partial charge < -0.3 is 15.1 Å². The number of carbonyl (C=O) groups excluding carboxylic acids is 2. The Morgan fingerprint density at radius 2 is 1.77 bits per heavy atom. The van der Waals surface area contributed by atoms with Crippen LogP contribution in [0.15, 0.2) is 48.5 Å². The van der Waals surface area contributed by atoms with Gasteiger partial charge in [0.15, 0.2) is 0 Å². The summed E-state index contributed by atoms with van der Waals surface area (Å²) in [6.07, 6.45) is 2.40. The molecule has 2 aliphatic heterocycles. The van der Waals surface area contributed by atoms with Gasteiger partial charge in [0.25, 0.3) is 0 Å². The molecular weight excluding hydrogens is 383 g/mol. The van der Waals surface area contributed by atoms with Crippen LogP contribution in [0.25, 0.3) is 0 Å². The number of benzene rings is 2. The van der Waals surface area contributed by atoms with Crippen molar-refractivity contribution in [2.45, 2.75) is 19.3 Å².